The summed E-state index contributed by atoms with van der Waals surface area (Å²) in [5, 5.41) is 10.8. The van der Waals surface area contributed by atoms with Crippen LogP contribution in [0.1, 0.15) is 29.3 Å². The van der Waals surface area contributed by atoms with Gasteiger partial charge in [-0.05, 0) is 49.6 Å². The molecule has 1 atom stereocenters. The van der Waals surface area contributed by atoms with E-state index in [1.54, 1.807) is 10.9 Å². The molecular formula is C22H25N5O2. The third kappa shape index (κ3) is 4.30. The van der Waals surface area contributed by atoms with Crippen LogP contribution in [0.4, 0.5) is 5.69 Å². The minimum absolute atomic E-state index is 0.0694. The van der Waals surface area contributed by atoms with Gasteiger partial charge in [0, 0.05) is 30.5 Å². The monoisotopic (exact) mass is 391 g/mol. The van der Waals surface area contributed by atoms with Crippen LogP contribution in [0.15, 0.2) is 49.1 Å². The number of carbonyl (C=O) groups excluding carboxylic acids is 1. The third-order valence-corrected chi connectivity index (χ3v) is 5.02. The summed E-state index contributed by atoms with van der Waals surface area (Å²) < 4.78 is 7.22. The Kier molecular flexibility index (Phi) is 5.57. The Bertz CT molecular complexity index is 1010. The number of aryl methyl sites for hydroxylation is 1. The summed E-state index contributed by atoms with van der Waals surface area (Å²) in [5.41, 5.74) is 5.50. The van der Waals surface area contributed by atoms with Gasteiger partial charge in [-0.25, -0.2) is 4.68 Å². The largest absolute Gasteiger partial charge is 0.379 e. The van der Waals surface area contributed by atoms with Gasteiger partial charge in [0.15, 0.2) is 0 Å². The molecule has 1 unspecified atom stereocenters. The molecule has 7 nitrogen and oxygen atoms in total. The van der Waals surface area contributed by atoms with Gasteiger partial charge in [0.2, 0.25) is 0 Å². The molecule has 1 aliphatic heterocycles. The third-order valence-electron chi connectivity index (χ3n) is 5.02. The minimum Gasteiger partial charge on any atom is -0.379 e. The predicted octanol–water partition coefficient (Wildman–Crippen LogP) is 3.19. The van der Waals surface area contributed by atoms with Gasteiger partial charge in [-0.1, -0.05) is 6.07 Å². The fraction of sp³-hybridized carbons (Fsp3) is 0.318. The SMILES string of the molecule is CCNC(=O)c1ccc(C)c(-c2cnn(-c3cncc(NC4CCOC4)c3)c2)c1. The molecular weight excluding hydrogens is 366 g/mol. The van der Waals surface area contributed by atoms with E-state index in [1.807, 2.05) is 56.7 Å². The number of nitrogens with zero attached hydrogens (tertiary/aromatic N) is 3. The number of rotatable bonds is 6. The number of hydrogen-bond acceptors (Lipinski definition) is 5. The minimum atomic E-state index is -0.0694. The van der Waals surface area contributed by atoms with E-state index in [-0.39, 0.29) is 5.91 Å². The van der Waals surface area contributed by atoms with E-state index in [0.29, 0.717) is 18.2 Å². The number of anilines is 1. The van der Waals surface area contributed by atoms with Crippen molar-refractivity contribution in [1.82, 2.24) is 20.1 Å². The first-order valence-corrected chi connectivity index (χ1v) is 9.87. The first kappa shape index (κ1) is 19.1. The molecule has 1 amide bonds. The summed E-state index contributed by atoms with van der Waals surface area (Å²) >= 11 is 0. The second-order valence-electron chi connectivity index (χ2n) is 7.20. The molecule has 1 saturated heterocycles. The maximum Gasteiger partial charge on any atom is 0.251 e. The van der Waals surface area contributed by atoms with Crippen molar-refractivity contribution < 1.29 is 9.53 Å². The summed E-state index contributed by atoms with van der Waals surface area (Å²) in [7, 11) is 0. The average molecular weight is 391 g/mol. The lowest BCUT2D eigenvalue weighted by atomic mass is 10.0. The number of amides is 1. The number of hydrogen-bond donors (Lipinski definition) is 2. The van der Waals surface area contributed by atoms with E-state index in [0.717, 1.165) is 47.7 Å². The zero-order valence-electron chi connectivity index (χ0n) is 16.7. The lowest BCUT2D eigenvalue weighted by molar-refractivity contribution is 0.0956. The molecule has 0 radical (unpaired) electrons. The molecule has 2 N–H and O–H groups in total. The van der Waals surface area contributed by atoms with E-state index in [1.165, 1.54) is 0 Å². The molecule has 0 spiro atoms. The van der Waals surface area contributed by atoms with Gasteiger partial charge in [-0.2, -0.15) is 5.10 Å². The van der Waals surface area contributed by atoms with Crippen molar-refractivity contribution in [3.8, 4) is 16.8 Å². The van der Waals surface area contributed by atoms with E-state index >= 15 is 0 Å². The molecule has 4 rings (SSSR count). The number of ether oxygens (including phenoxy) is 1. The molecule has 1 aromatic carbocycles. The molecule has 1 fully saturated rings. The number of aromatic nitrogens is 3. The topological polar surface area (TPSA) is 81.1 Å². The van der Waals surface area contributed by atoms with Gasteiger partial charge in [0.05, 0.1) is 42.6 Å². The van der Waals surface area contributed by atoms with Gasteiger partial charge in [0.1, 0.15) is 0 Å². The number of benzene rings is 1. The van der Waals surface area contributed by atoms with Crippen LogP contribution in [0.5, 0.6) is 0 Å². The summed E-state index contributed by atoms with van der Waals surface area (Å²) in [4.78, 5) is 16.5. The Morgan fingerprint density at radius 3 is 2.97 bits per heavy atom. The quantitative estimate of drug-likeness (QED) is 0.674. The molecule has 0 aliphatic carbocycles. The lowest BCUT2D eigenvalue weighted by Crippen LogP contribution is -2.22. The first-order chi connectivity index (χ1) is 14.1. The molecule has 0 saturated carbocycles. The molecule has 0 bridgehead atoms. The molecule has 7 heteroatoms. The smallest absolute Gasteiger partial charge is 0.251 e. The van der Waals surface area contributed by atoms with Crippen molar-refractivity contribution in [3.05, 3.63) is 60.2 Å². The highest BCUT2D eigenvalue weighted by Gasteiger charge is 2.16. The van der Waals surface area contributed by atoms with Crippen molar-refractivity contribution in [2.45, 2.75) is 26.3 Å². The Balaban J connectivity index is 1.59. The zero-order chi connectivity index (χ0) is 20.2. The van der Waals surface area contributed by atoms with Crippen LogP contribution in [0.25, 0.3) is 16.8 Å². The van der Waals surface area contributed by atoms with Crippen LogP contribution < -0.4 is 10.6 Å². The van der Waals surface area contributed by atoms with Crippen molar-refractivity contribution in [2.24, 2.45) is 0 Å². The number of carbonyl (C=O) groups is 1. The van der Waals surface area contributed by atoms with Crippen LogP contribution in [0.3, 0.4) is 0 Å². The van der Waals surface area contributed by atoms with Crippen molar-refractivity contribution in [2.75, 3.05) is 25.1 Å². The second-order valence-corrected chi connectivity index (χ2v) is 7.20. The fourth-order valence-electron chi connectivity index (χ4n) is 3.46. The van der Waals surface area contributed by atoms with Crippen molar-refractivity contribution in [3.63, 3.8) is 0 Å². The van der Waals surface area contributed by atoms with Gasteiger partial charge >= 0.3 is 0 Å². The van der Waals surface area contributed by atoms with Gasteiger partial charge in [-0.3, -0.25) is 9.78 Å². The standard InChI is InChI=1S/C22H25N5O2/c1-3-24-22(28)16-5-4-15(2)21(8-16)17-10-25-27(13-17)20-9-19(11-23-12-20)26-18-6-7-29-14-18/h4-5,8-13,18,26H,3,6-7,14H2,1-2H3,(H,24,28). The Morgan fingerprint density at radius 1 is 1.28 bits per heavy atom. The number of nitrogens with one attached hydrogen (secondary N) is 2. The highest BCUT2D eigenvalue weighted by Crippen LogP contribution is 2.26. The van der Waals surface area contributed by atoms with Gasteiger partial charge in [-0.15, -0.1) is 0 Å². The van der Waals surface area contributed by atoms with E-state index in [4.69, 9.17) is 4.74 Å². The molecule has 150 valence electrons. The summed E-state index contributed by atoms with van der Waals surface area (Å²) in [5.74, 6) is -0.0694. The highest BCUT2D eigenvalue weighted by atomic mass is 16.5. The molecule has 2 aromatic heterocycles. The first-order valence-electron chi connectivity index (χ1n) is 9.87. The summed E-state index contributed by atoms with van der Waals surface area (Å²) in [6.45, 7) is 6.06. The number of pyridine rings is 1. The second kappa shape index (κ2) is 8.45. The highest BCUT2D eigenvalue weighted by molar-refractivity contribution is 5.95. The van der Waals surface area contributed by atoms with Gasteiger partial charge < -0.3 is 15.4 Å². The lowest BCUT2D eigenvalue weighted by Gasteiger charge is -2.12. The van der Waals surface area contributed by atoms with E-state index in [2.05, 4.69) is 20.7 Å². The van der Waals surface area contributed by atoms with Crippen LogP contribution in [-0.4, -0.2) is 46.5 Å². The fourth-order valence-corrected chi connectivity index (χ4v) is 3.46. The van der Waals surface area contributed by atoms with Crippen molar-refractivity contribution in [1.29, 1.82) is 0 Å². The summed E-state index contributed by atoms with van der Waals surface area (Å²) in [6, 6.07) is 8.07. The van der Waals surface area contributed by atoms with E-state index in [9.17, 15) is 4.79 Å². The molecule has 3 aromatic rings. The van der Waals surface area contributed by atoms with Crippen LogP contribution in [0.2, 0.25) is 0 Å². The zero-order valence-corrected chi connectivity index (χ0v) is 16.7. The Morgan fingerprint density at radius 2 is 2.17 bits per heavy atom. The average Bonchev–Trinajstić information content (AvgIpc) is 3.41. The Hall–Kier alpha value is -3.19. The maximum absolute atomic E-state index is 12.2. The van der Waals surface area contributed by atoms with E-state index < -0.39 is 0 Å². The van der Waals surface area contributed by atoms with Crippen LogP contribution in [-0.2, 0) is 4.74 Å². The summed E-state index contributed by atoms with van der Waals surface area (Å²) in [6.07, 6.45) is 8.37. The molecule has 1 aliphatic rings. The predicted molar refractivity (Wildman–Crippen MR) is 112 cm³/mol. The maximum atomic E-state index is 12.2. The van der Waals surface area contributed by atoms with Crippen molar-refractivity contribution >= 4 is 11.6 Å². The van der Waals surface area contributed by atoms with Crippen LogP contribution >= 0.6 is 0 Å². The molecule has 29 heavy (non-hydrogen) atoms. The van der Waals surface area contributed by atoms with Crippen LogP contribution in [0, 0.1) is 6.92 Å². The normalized spacial score (nSPS) is 16.0. The Labute approximate surface area is 170 Å². The van der Waals surface area contributed by atoms with Gasteiger partial charge in [0.25, 0.3) is 5.91 Å². The molecule has 3 heterocycles.